The van der Waals surface area contributed by atoms with Gasteiger partial charge in [0.15, 0.2) is 0 Å². The van der Waals surface area contributed by atoms with E-state index in [1.54, 1.807) is 0 Å². The molecule has 0 atom stereocenters. The van der Waals surface area contributed by atoms with Gasteiger partial charge in [0.25, 0.3) is 0 Å². The molecule has 0 amide bonds. The molecule has 254 valence electrons. The molecular weight excluding hydrogens is 655 g/mol. The number of anilines is 3. The fourth-order valence-corrected chi connectivity index (χ4v) is 7.81. The number of benzene rings is 9. The van der Waals surface area contributed by atoms with Gasteiger partial charge >= 0.3 is 0 Å². The SMILES string of the molecule is c1ccc(-c2ccc(-c3ccc(N(c4ccc5c(c4)oc4ccccc45)c4ccccc4-c4cccc(-c5cccc6ccccc56)c4)cc3)cc2)cc1. The van der Waals surface area contributed by atoms with E-state index in [2.05, 4.69) is 205 Å². The number of hydrogen-bond donors (Lipinski definition) is 0. The highest BCUT2D eigenvalue weighted by Gasteiger charge is 2.19. The summed E-state index contributed by atoms with van der Waals surface area (Å²) in [5.74, 6) is 0. The smallest absolute Gasteiger partial charge is 0.137 e. The molecule has 9 aromatic carbocycles. The Morgan fingerprint density at radius 3 is 1.61 bits per heavy atom. The van der Waals surface area contributed by atoms with E-state index in [0.717, 1.165) is 50.1 Å². The second-order valence-corrected chi connectivity index (χ2v) is 13.7. The van der Waals surface area contributed by atoms with Gasteiger partial charge in [-0.25, -0.2) is 0 Å². The van der Waals surface area contributed by atoms with E-state index in [0.29, 0.717) is 0 Å². The van der Waals surface area contributed by atoms with Crippen LogP contribution in [0.15, 0.2) is 217 Å². The minimum Gasteiger partial charge on any atom is -0.456 e. The molecule has 0 spiro atoms. The first-order chi connectivity index (χ1) is 26.8. The van der Waals surface area contributed by atoms with Gasteiger partial charge in [0.1, 0.15) is 11.2 Å². The molecule has 10 rings (SSSR count). The van der Waals surface area contributed by atoms with Gasteiger partial charge in [0, 0.05) is 33.8 Å². The maximum atomic E-state index is 6.42. The minimum absolute atomic E-state index is 0.865. The zero-order valence-electron chi connectivity index (χ0n) is 29.6. The average molecular weight is 690 g/mol. The van der Waals surface area contributed by atoms with Gasteiger partial charge in [-0.3, -0.25) is 0 Å². The molecule has 0 aliphatic carbocycles. The normalized spacial score (nSPS) is 11.3. The second-order valence-electron chi connectivity index (χ2n) is 13.7. The number of fused-ring (bicyclic) bond motifs is 4. The molecule has 0 N–H and O–H groups in total. The van der Waals surface area contributed by atoms with E-state index in [1.165, 1.54) is 44.2 Å². The molecule has 0 aliphatic heterocycles. The van der Waals surface area contributed by atoms with E-state index in [4.69, 9.17) is 4.42 Å². The van der Waals surface area contributed by atoms with Crippen LogP contribution in [0, 0.1) is 0 Å². The van der Waals surface area contributed by atoms with E-state index in [9.17, 15) is 0 Å². The van der Waals surface area contributed by atoms with Gasteiger partial charge in [-0.1, -0.05) is 164 Å². The van der Waals surface area contributed by atoms with Gasteiger partial charge in [-0.15, -0.1) is 0 Å². The van der Waals surface area contributed by atoms with Crippen LogP contribution < -0.4 is 4.90 Å². The first-order valence-electron chi connectivity index (χ1n) is 18.4. The lowest BCUT2D eigenvalue weighted by Gasteiger charge is -2.28. The van der Waals surface area contributed by atoms with E-state index >= 15 is 0 Å². The van der Waals surface area contributed by atoms with Gasteiger partial charge < -0.3 is 9.32 Å². The Labute approximate surface area is 314 Å². The summed E-state index contributed by atoms with van der Waals surface area (Å²) in [5.41, 5.74) is 14.4. The molecule has 1 aromatic heterocycles. The first-order valence-corrected chi connectivity index (χ1v) is 18.4. The number of furan rings is 1. The molecule has 0 saturated carbocycles. The van der Waals surface area contributed by atoms with Crippen LogP contribution in [0.5, 0.6) is 0 Å². The quantitative estimate of drug-likeness (QED) is 0.166. The molecular formula is C52H35NO. The predicted octanol–water partition coefficient (Wildman–Crippen LogP) is 14.9. The van der Waals surface area contributed by atoms with Crippen LogP contribution in [-0.2, 0) is 0 Å². The van der Waals surface area contributed by atoms with Gasteiger partial charge in [-0.2, -0.15) is 0 Å². The summed E-state index contributed by atoms with van der Waals surface area (Å²) < 4.78 is 6.42. The number of rotatable bonds is 7. The van der Waals surface area contributed by atoms with E-state index in [-0.39, 0.29) is 0 Å². The molecule has 0 fully saturated rings. The number of para-hydroxylation sites is 2. The van der Waals surface area contributed by atoms with Crippen molar-refractivity contribution in [3.8, 4) is 44.5 Å². The van der Waals surface area contributed by atoms with Gasteiger partial charge in [0.2, 0.25) is 0 Å². The van der Waals surface area contributed by atoms with Crippen molar-refractivity contribution in [2.75, 3.05) is 4.90 Å². The molecule has 0 unspecified atom stereocenters. The maximum Gasteiger partial charge on any atom is 0.137 e. The van der Waals surface area contributed by atoms with Crippen molar-refractivity contribution in [2.24, 2.45) is 0 Å². The van der Waals surface area contributed by atoms with Crippen molar-refractivity contribution in [1.29, 1.82) is 0 Å². The summed E-state index contributed by atoms with van der Waals surface area (Å²) in [6.45, 7) is 0. The molecule has 0 aliphatic rings. The summed E-state index contributed by atoms with van der Waals surface area (Å²) in [7, 11) is 0. The third-order valence-corrected chi connectivity index (χ3v) is 10.5. The largest absolute Gasteiger partial charge is 0.456 e. The Hall–Kier alpha value is -7.16. The molecule has 0 bridgehead atoms. The van der Waals surface area contributed by atoms with Gasteiger partial charge in [-0.05, 0) is 92.2 Å². The van der Waals surface area contributed by atoms with Crippen molar-refractivity contribution in [1.82, 2.24) is 0 Å². The predicted molar refractivity (Wildman–Crippen MR) is 228 cm³/mol. The van der Waals surface area contributed by atoms with Crippen molar-refractivity contribution in [2.45, 2.75) is 0 Å². The van der Waals surface area contributed by atoms with Crippen molar-refractivity contribution in [3.63, 3.8) is 0 Å². The average Bonchev–Trinajstić information content (AvgIpc) is 3.62. The third kappa shape index (κ3) is 5.71. The molecule has 2 heteroatoms. The van der Waals surface area contributed by atoms with Crippen LogP contribution in [0.3, 0.4) is 0 Å². The Kier molecular flexibility index (Phi) is 7.85. The summed E-state index contributed by atoms with van der Waals surface area (Å²) in [4.78, 5) is 2.36. The monoisotopic (exact) mass is 689 g/mol. The van der Waals surface area contributed by atoms with Crippen LogP contribution in [0.2, 0.25) is 0 Å². The zero-order valence-corrected chi connectivity index (χ0v) is 29.6. The molecule has 1 heterocycles. The van der Waals surface area contributed by atoms with E-state index < -0.39 is 0 Å². The summed E-state index contributed by atoms with van der Waals surface area (Å²) >= 11 is 0. The van der Waals surface area contributed by atoms with Crippen molar-refractivity contribution >= 4 is 49.8 Å². The number of nitrogens with zero attached hydrogens (tertiary/aromatic N) is 1. The molecule has 54 heavy (non-hydrogen) atoms. The Balaban J connectivity index is 1.09. The lowest BCUT2D eigenvalue weighted by molar-refractivity contribution is 0.669. The summed E-state index contributed by atoms with van der Waals surface area (Å²) in [5, 5.41) is 4.73. The van der Waals surface area contributed by atoms with Crippen molar-refractivity contribution < 1.29 is 4.42 Å². The minimum atomic E-state index is 0.865. The standard InChI is InChI=1S/C52H35NO/c1-2-12-36(13-3-1)37-24-26-38(27-25-37)39-28-30-43(31-29-39)53(44-32-33-49-48-20-7-9-23-51(48)54-52(49)35-44)50-22-8-6-19-47(50)42-17-10-16-41(34-42)46-21-11-15-40-14-4-5-18-45(40)46/h1-35H. The lowest BCUT2D eigenvalue weighted by atomic mass is 9.94. The van der Waals surface area contributed by atoms with Crippen LogP contribution in [-0.4, -0.2) is 0 Å². The summed E-state index contributed by atoms with van der Waals surface area (Å²) in [6.07, 6.45) is 0. The number of hydrogen-bond acceptors (Lipinski definition) is 2. The Morgan fingerprint density at radius 1 is 0.296 bits per heavy atom. The topological polar surface area (TPSA) is 16.4 Å². The van der Waals surface area contributed by atoms with Crippen LogP contribution >= 0.6 is 0 Å². The highest BCUT2D eigenvalue weighted by molar-refractivity contribution is 6.06. The van der Waals surface area contributed by atoms with Crippen LogP contribution in [0.1, 0.15) is 0 Å². The molecule has 0 saturated heterocycles. The highest BCUT2D eigenvalue weighted by atomic mass is 16.3. The fourth-order valence-electron chi connectivity index (χ4n) is 7.81. The lowest BCUT2D eigenvalue weighted by Crippen LogP contribution is -2.11. The molecule has 2 nitrogen and oxygen atoms in total. The Morgan fingerprint density at radius 2 is 0.815 bits per heavy atom. The van der Waals surface area contributed by atoms with Crippen LogP contribution in [0.25, 0.3) is 77.2 Å². The van der Waals surface area contributed by atoms with Gasteiger partial charge in [0.05, 0.1) is 5.69 Å². The van der Waals surface area contributed by atoms with E-state index in [1.807, 2.05) is 12.1 Å². The Bertz CT molecular complexity index is 2920. The second kappa shape index (κ2) is 13.4. The maximum absolute atomic E-state index is 6.42. The van der Waals surface area contributed by atoms with Crippen LogP contribution in [0.4, 0.5) is 17.1 Å². The molecule has 0 radical (unpaired) electrons. The fraction of sp³-hybridized carbons (Fsp3) is 0. The molecule has 10 aromatic rings. The third-order valence-electron chi connectivity index (χ3n) is 10.5. The van der Waals surface area contributed by atoms with Crippen molar-refractivity contribution in [3.05, 3.63) is 212 Å². The zero-order chi connectivity index (χ0) is 35.8. The summed E-state index contributed by atoms with van der Waals surface area (Å²) in [6, 6.07) is 75.9. The highest BCUT2D eigenvalue weighted by Crippen LogP contribution is 2.44. The first kappa shape index (κ1) is 31.6.